The Morgan fingerprint density at radius 3 is 3.13 bits per heavy atom. The van der Waals surface area contributed by atoms with Crippen LogP contribution < -0.4 is 5.32 Å². The molecule has 1 saturated carbocycles. The van der Waals surface area contributed by atoms with Crippen molar-refractivity contribution in [3.8, 4) is 0 Å². The summed E-state index contributed by atoms with van der Waals surface area (Å²) in [5, 5.41) is 6.15. The van der Waals surface area contributed by atoms with Crippen LogP contribution in [-0.4, -0.2) is 4.98 Å². The molecule has 3 heteroatoms. The van der Waals surface area contributed by atoms with Crippen LogP contribution in [-0.2, 0) is 0 Å². The monoisotopic (exact) mass is 215 g/mol. The average molecular weight is 215 g/mol. The van der Waals surface area contributed by atoms with Gasteiger partial charge in [-0.15, -0.1) is 11.3 Å². The summed E-state index contributed by atoms with van der Waals surface area (Å²) in [7, 11) is 0. The van der Waals surface area contributed by atoms with E-state index in [1.807, 2.05) is 11.4 Å². The van der Waals surface area contributed by atoms with E-state index in [9.17, 15) is 0 Å². The van der Waals surface area contributed by atoms with E-state index in [2.05, 4.69) is 28.5 Å². The van der Waals surface area contributed by atoms with Crippen LogP contribution in [0, 0.1) is 6.07 Å². The molecule has 0 bridgehead atoms. The minimum absolute atomic E-state index is 0.788. The van der Waals surface area contributed by atoms with Gasteiger partial charge in [0.1, 0.15) is 0 Å². The Bertz CT molecular complexity index is 446. The van der Waals surface area contributed by atoms with Crippen molar-refractivity contribution in [3.05, 3.63) is 41.4 Å². The highest BCUT2D eigenvalue weighted by atomic mass is 32.1. The SMILES string of the molecule is [c]1ccc(C2CC2)cc1Nc1nccs1. The molecule has 2 aromatic rings. The van der Waals surface area contributed by atoms with Gasteiger partial charge in [-0.25, -0.2) is 4.98 Å². The first kappa shape index (κ1) is 8.92. The van der Waals surface area contributed by atoms with E-state index in [1.165, 1.54) is 18.4 Å². The quantitative estimate of drug-likeness (QED) is 0.846. The number of nitrogens with one attached hydrogen (secondary N) is 1. The van der Waals surface area contributed by atoms with Gasteiger partial charge in [0, 0.05) is 23.3 Å². The van der Waals surface area contributed by atoms with Crippen LogP contribution in [0.3, 0.4) is 0 Å². The number of hydrogen-bond acceptors (Lipinski definition) is 3. The molecule has 2 nitrogen and oxygen atoms in total. The second-order valence-electron chi connectivity index (χ2n) is 3.77. The predicted octanol–water partition coefficient (Wildman–Crippen LogP) is 3.56. The first-order chi connectivity index (χ1) is 7.42. The Morgan fingerprint density at radius 1 is 1.47 bits per heavy atom. The maximum absolute atomic E-state index is 4.19. The molecule has 1 N–H and O–H groups in total. The minimum atomic E-state index is 0.788. The van der Waals surface area contributed by atoms with Crippen molar-refractivity contribution in [3.63, 3.8) is 0 Å². The van der Waals surface area contributed by atoms with Crippen molar-refractivity contribution in [2.24, 2.45) is 0 Å². The molecule has 0 atom stereocenters. The Hall–Kier alpha value is -1.35. The third-order valence-corrected chi connectivity index (χ3v) is 3.24. The topological polar surface area (TPSA) is 24.9 Å². The van der Waals surface area contributed by atoms with Gasteiger partial charge < -0.3 is 5.32 Å². The molecule has 0 saturated heterocycles. The lowest BCUT2D eigenvalue weighted by molar-refractivity contribution is 1.13. The smallest absolute Gasteiger partial charge is 0.187 e. The van der Waals surface area contributed by atoms with Crippen molar-refractivity contribution < 1.29 is 0 Å². The van der Waals surface area contributed by atoms with E-state index in [0.717, 1.165) is 16.7 Å². The van der Waals surface area contributed by atoms with Gasteiger partial charge in [-0.3, -0.25) is 0 Å². The Labute approximate surface area is 93.0 Å². The summed E-state index contributed by atoms with van der Waals surface area (Å²) in [5.41, 5.74) is 2.45. The first-order valence-electron chi connectivity index (χ1n) is 5.10. The molecule has 0 aliphatic heterocycles. The summed E-state index contributed by atoms with van der Waals surface area (Å²) in [5.74, 6) is 0.788. The second-order valence-corrected chi connectivity index (χ2v) is 4.67. The standard InChI is InChI=1S/C12H11N2S/c1-2-10(9-4-5-9)8-11(3-1)14-12-13-6-7-15-12/h1-2,6-9H,4-5H2,(H,13,14). The number of anilines is 2. The molecular formula is C12H11N2S. The lowest BCUT2D eigenvalue weighted by Gasteiger charge is -2.04. The number of rotatable bonds is 3. The Kier molecular flexibility index (Phi) is 2.18. The van der Waals surface area contributed by atoms with Crippen molar-refractivity contribution in [1.29, 1.82) is 0 Å². The van der Waals surface area contributed by atoms with Crippen molar-refractivity contribution in [2.75, 3.05) is 5.32 Å². The summed E-state index contributed by atoms with van der Waals surface area (Å²) in [6.45, 7) is 0. The summed E-state index contributed by atoms with van der Waals surface area (Å²) in [6, 6.07) is 9.51. The molecule has 1 aliphatic carbocycles. The molecule has 0 amide bonds. The highest BCUT2D eigenvalue weighted by molar-refractivity contribution is 7.13. The van der Waals surface area contributed by atoms with E-state index < -0.39 is 0 Å². The van der Waals surface area contributed by atoms with E-state index in [4.69, 9.17) is 0 Å². The number of hydrogen-bond donors (Lipinski definition) is 1. The number of aromatic nitrogens is 1. The fraction of sp³-hybridized carbons (Fsp3) is 0.250. The van der Waals surface area contributed by atoms with Crippen LogP contribution in [0.25, 0.3) is 0 Å². The lowest BCUT2D eigenvalue weighted by Crippen LogP contribution is -1.90. The molecule has 1 aliphatic rings. The van der Waals surface area contributed by atoms with Gasteiger partial charge >= 0.3 is 0 Å². The largest absolute Gasteiger partial charge is 0.331 e. The van der Waals surface area contributed by atoms with E-state index in [0.29, 0.717) is 0 Å². The zero-order chi connectivity index (χ0) is 10.1. The maximum atomic E-state index is 4.19. The highest BCUT2D eigenvalue weighted by Crippen LogP contribution is 2.40. The molecule has 1 heterocycles. The van der Waals surface area contributed by atoms with Crippen molar-refractivity contribution in [1.82, 2.24) is 4.98 Å². The molecule has 1 aromatic heterocycles. The molecule has 75 valence electrons. The molecule has 15 heavy (non-hydrogen) atoms. The van der Waals surface area contributed by atoms with E-state index >= 15 is 0 Å². The fourth-order valence-electron chi connectivity index (χ4n) is 1.63. The molecule has 1 aromatic carbocycles. The van der Waals surface area contributed by atoms with Crippen molar-refractivity contribution in [2.45, 2.75) is 18.8 Å². The number of nitrogens with zero attached hydrogens (tertiary/aromatic N) is 1. The third-order valence-electron chi connectivity index (χ3n) is 2.55. The summed E-state index contributed by atoms with van der Waals surface area (Å²) >= 11 is 1.61. The van der Waals surface area contributed by atoms with Crippen LogP contribution in [0.2, 0.25) is 0 Å². The molecule has 1 radical (unpaired) electrons. The van der Waals surface area contributed by atoms with Crippen LogP contribution in [0.1, 0.15) is 24.3 Å². The van der Waals surface area contributed by atoms with Crippen LogP contribution in [0.5, 0.6) is 0 Å². The second kappa shape index (κ2) is 3.66. The molecule has 0 unspecified atom stereocenters. The van der Waals surface area contributed by atoms with Gasteiger partial charge in [0.25, 0.3) is 0 Å². The molecule has 3 rings (SSSR count). The van der Waals surface area contributed by atoms with Gasteiger partial charge in [0.15, 0.2) is 5.13 Å². The van der Waals surface area contributed by atoms with E-state index in [1.54, 1.807) is 17.5 Å². The summed E-state index contributed by atoms with van der Waals surface area (Å²) in [6.07, 6.45) is 4.47. The zero-order valence-corrected chi connectivity index (χ0v) is 9.05. The Morgan fingerprint density at radius 2 is 2.40 bits per heavy atom. The maximum Gasteiger partial charge on any atom is 0.187 e. The average Bonchev–Trinajstić information content (AvgIpc) is 3.00. The molecular weight excluding hydrogens is 204 g/mol. The normalized spacial score (nSPS) is 15.2. The number of benzene rings is 1. The Balaban J connectivity index is 1.82. The van der Waals surface area contributed by atoms with Crippen LogP contribution in [0.15, 0.2) is 29.8 Å². The van der Waals surface area contributed by atoms with Crippen LogP contribution in [0.4, 0.5) is 10.8 Å². The fourth-order valence-corrected chi connectivity index (χ4v) is 2.17. The summed E-state index contributed by atoms with van der Waals surface area (Å²) in [4.78, 5) is 4.19. The minimum Gasteiger partial charge on any atom is -0.331 e. The van der Waals surface area contributed by atoms with Gasteiger partial charge in [-0.05, 0) is 30.4 Å². The lowest BCUT2D eigenvalue weighted by atomic mass is 10.1. The van der Waals surface area contributed by atoms with Gasteiger partial charge in [-0.2, -0.15) is 0 Å². The highest BCUT2D eigenvalue weighted by Gasteiger charge is 2.23. The first-order valence-corrected chi connectivity index (χ1v) is 5.98. The van der Waals surface area contributed by atoms with E-state index in [-0.39, 0.29) is 0 Å². The zero-order valence-electron chi connectivity index (χ0n) is 8.23. The third kappa shape index (κ3) is 2.02. The predicted molar refractivity (Wildman–Crippen MR) is 62.6 cm³/mol. The molecule has 0 spiro atoms. The van der Waals surface area contributed by atoms with Crippen molar-refractivity contribution >= 4 is 22.2 Å². The van der Waals surface area contributed by atoms with Crippen LogP contribution >= 0.6 is 11.3 Å². The molecule has 1 fully saturated rings. The summed E-state index contributed by atoms with van der Waals surface area (Å²) < 4.78 is 0. The number of thiazole rings is 1. The van der Waals surface area contributed by atoms with Gasteiger partial charge in [0.2, 0.25) is 0 Å². The van der Waals surface area contributed by atoms with Gasteiger partial charge in [-0.1, -0.05) is 12.1 Å². The van der Waals surface area contributed by atoms with Gasteiger partial charge in [0.05, 0.1) is 0 Å².